The Hall–Kier alpha value is -2.11. The van der Waals surface area contributed by atoms with Crippen LogP contribution in [0.3, 0.4) is 0 Å². The quantitative estimate of drug-likeness (QED) is 0.384. The van der Waals surface area contributed by atoms with E-state index >= 15 is 0 Å². The van der Waals surface area contributed by atoms with Crippen LogP contribution in [-0.4, -0.2) is 41.0 Å². The van der Waals surface area contributed by atoms with Gasteiger partial charge in [-0.15, -0.1) is 0 Å². The monoisotopic (exact) mass is 514 g/mol. The fraction of sp³-hybridized carbons (Fsp3) is 0.615. The number of hydrogen-bond acceptors (Lipinski definition) is 1. The normalized spacial score (nSPS) is 15.8. The van der Waals surface area contributed by atoms with E-state index in [-0.39, 0.29) is 0 Å². The molecule has 0 fully saturated rings. The summed E-state index contributed by atoms with van der Waals surface area (Å²) >= 11 is 0. The summed E-state index contributed by atoms with van der Waals surface area (Å²) in [7, 11) is 0. The smallest absolute Gasteiger partial charge is 0.254 e. The Morgan fingerprint density at radius 1 is 0.500 bits per heavy atom. The van der Waals surface area contributed by atoms with E-state index in [9.17, 15) is 79.0 Å². The molecular weight excluding hydrogens is 512 g/mol. The molecule has 0 spiro atoms. The second-order valence-electron chi connectivity index (χ2n) is 5.83. The third-order valence-corrected chi connectivity index (χ3v) is 3.68. The predicted molar refractivity (Wildman–Crippen MR) is 62.8 cm³/mol. The zero-order valence-corrected chi connectivity index (χ0v) is 13.9. The van der Waals surface area contributed by atoms with Gasteiger partial charge in [0.1, 0.15) is 0 Å². The zero-order chi connectivity index (χ0) is 26.0. The van der Waals surface area contributed by atoms with Crippen LogP contribution >= 0.6 is 0 Å². The first-order chi connectivity index (χ1) is 13.7. The molecule has 185 valence electrons. The van der Waals surface area contributed by atoms with E-state index in [1.807, 2.05) is 4.98 Å². The maximum absolute atomic E-state index is 13.7. The van der Waals surface area contributed by atoms with Crippen LogP contribution in [0, 0.1) is 6.20 Å². The largest absolute Gasteiger partial charge is 0.460 e. The lowest BCUT2D eigenvalue weighted by atomic mass is 9.93. The van der Waals surface area contributed by atoms with Crippen molar-refractivity contribution in [3.8, 4) is 0 Å². The third kappa shape index (κ3) is 3.69. The fourth-order valence-corrected chi connectivity index (χ4v) is 1.83. The van der Waals surface area contributed by atoms with Gasteiger partial charge >= 0.3 is 47.9 Å². The lowest BCUT2D eigenvalue weighted by Gasteiger charge is -2.35. The number of halogens is 18. The first-order valence-electron chi connectivity index (χ1n) is 7.00. The lowest BCUT2D eigenvalue weighted by molar-refractivity contribution is -0.400. The van der Waals surface area contributed by atoms with E-state index in [0.717, 1.165) is 0 Å². The van der Waals surface area contributed by atoms with Crippen LogP contribution in [0.25, 0.3) is 0 Å². The Morgan fingerprint density at radius 2 is 0.844 bits per heavy atom. The number of alkyl halides is 18. The summed E-state index contributed by atoms with van der Waals surface area (Å²) in [6, 6.07) is -1.45. The van der Waals surface area contributed by atoms with Crippen molar-refractivity contribution in [1.29, 1.82) is 0 Å². The highest BCUT2D eigenvalue weighted by Crippen LogP contribution is 2.59. The molecule has 0 N–H and O–H groups in total. The van der Waals surface area contributed by atoms with E-state index in [2.05, 4.69) is 0 Å². The molecule has 0 atom stereocenters. The van der Waals surface area contributed by atoms with Crippen molar-refractivity contribution in [2.45, 2.75) is 47.9 Å². The number of aromatic nitrogens is 1. The summed E-state index contributed by atoms with van der Waals surface area (Å²) in [5.74, 6) is -43.9. The minimum atomic E-state index is -7.58. The second-order valence-corrected chi connectivity index (χ2v) is 5.83. The first-order valence-corrected chi connectivity index (χ1v) is 7.00. The highest BCUT2D eigenvalue weighted by molar-refractivity contribution is 5.30. The molecule has 0 amide bonds. The van der Waals surface area contributed by atoms with Gasteiger partial charge in [0.05, 0.1) is 11.8 Å². The molecule has 1 aromatic rings. The highest BCUT2D eigenvalue weighted by atomic mass is 19.4. The minimum absolute atomic E-state index is 0.503. The van der Waals surface area contributed by atoms with Crippen molar-refractivity contribution in [1.82, 2.24) is 4.98 Å². The van der Waals surface area contributed by atoms with E-state index in [1.165, 1.54) is 0 Å². The molecular formula is C13H2F18N. The number of hydrogen-bond donors (Lipinski definition) is 0. The molecule has 32 heavy (non-hydrogen) atoms. The van der Waals surface area contributed by atoms with Gasteiger partial charge < -0.3 is 0 Å². The lowest BCUT2D eigenvalue weighted by Crippen LogP contribution is -2.60. The van der Waals surface area contributed by atoms with Crippen molar-refractivity contribution in [2.75, 3.05) is 0 Å². The average Bonchev–Trinajstić information content (AvgIpc) is 2.59. The van der Waals surface area contributed by atoms with E-state index in [4.69, 9.17) is 0 Å². The molecule has 0 unspecified atom stereocenters. The molecule has 19 heteroatoms. The van der Waals surface area contributed by atoms with Crippen molar-refractivity contribution < 1.29 is 79.0 Å². The van der Waals surface area contributed by atoms with Crippen molar-refractivity contribution >= 4 is 0 Å². The van der Waals surface area contributed by atoms with Gasteiger partial charge in [0.15, 0.2) is 0 Å². The van der Waals surface area contributed by atoms with Crippen molar-refractivity contribution in [2.24, 2.45) is 0 Å². The molecule has 0 aliphatic heterocycles. The van der Waals surface area contributed by atoms with Crippen molar-refractivity contribution in [3.63, 3.8) is 0 Å². The molecule has 0 aromatic carbocycles. The Balaban J connectivity index is 3.68. The summed E-state index contributed by atoms with van der Waals surface area (Å²) < 4.78 is 232. The Labute approximate surface area is 163 Å². The molecule has 0 bridgehead atoms. The fourth-order valence-electron chi connectivity index (χ4n) is 1.83. The SMILES string of the molecule is FC(F)(F)C(F)(F)C(F)(F)C(F)(F)c1[c]ncc(C(F)(F)C(F)(F)C(F)(F)C(F)(F)F)c1. The number of rotatable bonds is 6. The minimum Gasteiger partial charge on any atom is -0.254 e. The standard InChI is InChI=1S/C13H2F18N/c14-6(15,8(18,19)10(22,23)12(26,27)28)4-1-5(3-32-2-4)7(16,17)9(20,21)11(24,25)13(29,30)31/h1-2H. The summed E-state index contributed by atoms with van der Waals surface area (Å²) in [6.45, 7) is 0. The maximum Gasteiger partial charge on any atom is 0.460 e. The van der Waals surface area contributed by atoms with Gasteiger partial charge in [-0.2, -0.15) is 79.0 Å². The summed E-state index contributed by atoms with van der Waals surface area (Å²) in [6.07, 6.45) is -15.1. The Morgan fingerprint density at radius 3 is 1.19 bits per heavy atom. The summed E-state index contributed by atoms with van der Waals surface area (Å²) in [5.41, 5.74) is -6.28. The summed E-state index contributed by atoms with van der Waals surface area (Å²) in [4.78, 5) is 2.03. The van der Waals surface area contributed by atoms with E-state index in [1.54, 1.807) is 0 Å². The van der Waals surface area contributed by atoms with Crippen LogP contribution in [0.5, 0.6) is 0 Å². The van der Waals surface area contributed by atoms with Gasteiger partial charge in [-0.1, -0.05) is 0 Å². The topological polar surface area (TPSA) is 12.9 Å². The van der Waals surface area contributed by atoms with E-state index < -0.39 is 71.3 Å². The number of nitrogens with zero attached hydrogens (tertiary/aromatic N) is 1. The van der Waals surface area contributed by atoms with Gasteiger partial charge in [0, 0.05) is 11.8 Å². The van der Waals surface area contributed by atoms with Gasteiger partial charge in [-0.05, 0) is 6.07 Å². The molecule has 1 nitrogen and oxygen atoms in total. The molecule has 0 aliphatic carbocycles. The van der Waals surface area contributed by atoms with Gasteiger partial charge in [-0.25, -0.2) is 0 Å². The van der Waals surface area contributed by atoms with E-state index in [0.29, 0.717) is 6.20 Å². The van der Waals surface area contributed by atoms with Crippen LogP contribution in [0.4, 0.5) is 79.0 Å². The highest BCUT2D eigenvalue weighted by Gasteiger charge is 2.83. The first kappa shape index (κ1) is 27.9. The average molecular weight is 514 g/mol. The van der Waals surface area contributed by atoms with Crippen LogP contribution in [0.1, 0.15) is 11.1 Å². The van der Waals surface area contributed by atoms with Gasteiger partial charge in [0.25, 0.3) is 0 Å². The van der Waals surface area contributed by atoms with Crippen molar-refractivity contribution in [3.05, 3.63) is 29.6 Å². The zero-order valence-electron chi connectivity index (χ0n) is 13.9. The summed E-state index contributed by atoms with van der Waals surface area (Å²) in [5, 5.41) is 0. The molecule has 0 saturated carbocycles. The van der Waals surface area contributed by atoms with Crippen LogP contribution in [0.15, 0.2) is 12.3 Å². The third-order valence-electron chi connectivity index (χ3n) is 3.68. The van der Waals surface area contributed by atoms with Crippen LogP contribution < -0.4 is 0 Å². The van der Waals surface area contributed by atoms with Crippen LogP contribution in [-0.2, 0) is 11.8 Å². The van der Waals surface area contributed by atoms with Gasteiger partial charge in [-0.3, -0.25) is 4.98 Å². The molecule has 1 rings (SSSR count). The Bertz CT molecular complexity index is 767. The molecule has 0 aliphatic rings. The molecule has 1 radical (unpaired) electrons. The molecule has 1 aromatic heterocycles. The maximum atomic E-state index is 13.7. The van der Waals surface area contributed by atoms with Gasteiger partial charge in [0.2, 0.25) is 0 Å². The van der Waals surface area contributed by atoms with Crippen LogP contribution in [0.2, 0.25) is 0 Å². The molecule has 1 heterocycles. The predicted octanol–water partition coefficient (Wildman–Crippen LogP) is 6.73. The Kier molecular flexibility index (Phi) is 6.28. The molecule has 0 saturated heterocycles. The second kappa shape index (κ2) is 7.19. The number of pyridine rings is 1.